The highest BCUT2D eigenvalue weighted by Gasteiger charge is 2.19. The molecule has 0 saturated carbocycles. The van der Waals surface area contributed by atoms with Crippen LogP contribution in [0, 0.1) is 13.8 Å². The first kappa shape index (κ1) is 21.6. The Bertz CT molecular complexity index is 1050. The minimum atomic E-state index is -0.328. The number of hydrogen-bond acceptors (Lipinski definition) is 5. The number of carbonyl (C=O) groups excluding carboxylic acids is 2. The molecule has 2 amide bonds. The smallest absolute Gasteiger partial charge is 0.251 e. The van der Waals surface area contributed by atoms with Crippen molar-refractivity contribution in [3.63, 3.8) is 0 Å². The molecule has 0 aliphatic heterocycles. The largest absolute Gasteiger partial charge is 0.342 e. The van der Waals surface area contributed by atoms with Crippen molar-refractivity contribution >= 4 is 29.3 Å². The molecule has 3 rings (SSSR count). The molecular formula is C22H25N5O2S. The molecule has 7 nitrogen and oxygen atoms in total. The first-order valence-electron chi connectivity index (χ1n) is 9.59. The third kappa shape index (κ3) is 5.48. The summed E-state index contributed by atoms with van der Waals surface area (Å²) in [7, 11) is 1.82. The topological polar surface area (TPSA) is 88.9 Å². The molecule has 0 aliphatic carbocycles. The highest BCUT2D eigenvalue weighted by atomic mass is 32.2. The van der Waals surface area contributed by atoms with E-state index in [1.807, 2.05) is 70.3 Å². The normalized spacial score (nSPS) is 11.7. The van der Waals surface area contributed by atoms with E-state index in [1.165, 1.54) is 11.8 Å². The van der Waals surface area contributed by atoms with Crippen molar-refractivity contribution < 1.29 is 9.59 Å². The van der Waals surface area contributed by atoms with Crippen LogP contribution in [0.4, 0.5) is 5.69 Å². The monoisotopic (exact) mass is 423 g/mol. The predicted molar refractivity (Wildman–Crippen MR) is 119 cm³/mol. The van der Waals surface area contributed by atoms with Gasteiger partial charge in [0, 0.05) is 18.3 Å². The van der Waals surface area contributed by atoms with Gasteiger partial charge in [0.1, 0.15) is 0 Å². The fourth-order valence-electron chi connectivity index (χ4n) is 2.92. The SMILES string of the molecule is Cc1ccc(NC(=O)CSc2nnc([C@H](C)NC(=O)c3cccc(C)c3)n2C)cc1. The molecule has 30 heavy (non-hydrogen) atoms. The standard InChI is InChI=1S/C22H25N5O2S/c1-14-8-10-18(11-9-14)24-19(28)13-30-22-26-25-20(27(22)4)16(3)23-21(29)17-7-5-6-15(2)12-17/h5-12,16H,13H2,1-4H3,(H,23,29)(H,24,28)/t16-/m0/s1. The number of aryl methyl sites for hydroxylation is 2. The van der Waals surface area contributed by atoms with E-state index in [0.717, 1.165) is 16.8 Å². The molecule has 0 radical (unpaired) electrons. The summed E-state index contributed by atoms with van der Waals surface area (Å²) in [6.07, 6.45) is 0. The zero-order valence-corrected chi connectivity index (χ0v) is 18.3. The zero-order chi connectivity index (χ0) is 21.7. The van der Waals surface area contributed by atoms with Gasteiger partial charge >= 0.3 is 0 Å². The van der Waals surface area contributed by atoms with Crippen molar-refractivity contribution in [3.05, 3.63) is 71.0 Å². The summed E-state index contributed by atoms with van der Waals surface area (Å²) < 4.78 is 1.80. The molecule has 8 heteroatoms. The molecule has 0 spiro atoms. The molecule has 1 heterocycles. The van der Waals surface area contributed by atoms with Crippen molar-refractivity contribution in [1.82, 2.24) is 20.1 Å². The maximum absolute atomic E-state index is 12.5. The molecule has 2 aromatic carbocycles. The van der Waals surface area contributed by atoms with E-state index >= 15 is 0 Å². The minimum absolute atomic E-state index is 0.116. The number of thioether (sulfide) groups is 1. The van der Waals surface area contributed by atoms with Gasteiger partial charge in [-0.1, -0.05) is 47.2 Å². The fraction of sp³-hybridized carbons (Fsp3) is 0.273. The molecule has 156 valence electrons. The third-order valence-electron chi connectivity index (χ3n) is 4.55. The van der Waals surface area contributed by atoms with E-state index < -0.39 is 0 Å². The van der Waals surface area contributed by atoms with E-state index in [0.29, 0.717) is 16.5 Å². The van der Waals surface area contributed by atoms with E-state index in [2.05, 4.69) is 20.8 Å². The van der Waals surface area contributed by atoms with Crippen LogP contribution >= 0.6 is 11.8 Å². The molecule has 2 N–H and O–H groups in total. The first-order chi connectivity index (χ1) is 14.3. The summed E-state index contributed by atoms with van der Waals surface area (Å²) in [5.74, 6) is 0.552. The number of anilines is 1. The second-order valence-electron chi connectivity index (χ2n) is 7.17. The number of nitrogens with zero attached hydrogens (tertiary/aromatic N) is 3. The summed E-state index contributed by atoms with van der Waals surface area (Å²) >= 11 is 1.30. The van der Waals surface area contributed by atoms with Gasteiger partial charge in [-0.3, -0.25) is 9.59 Å². The summed E-state index contributed by atoms with van der Waals surface area (Å²) in [5, 5.41) is 14.8. The molecule has 0 bridgehead atoms. The summed E-state index contributed by atoms with van der Waals surface area (Å²) in [5.41, 5.74) is 3.53. The maximum Gasteiger partial charge on any atom is 0.251 e. The van der Waals surface area contributed by atoms with Gasteiger partial charge in [-0.2, -0.15) is 0 Å². The van der Waals surface area contributed by atoms with Gasteiger partial charge in [-0.25, -0.2) is 0 Å². The first-order valence-corrected chi connectivity index (χ1v) is 10.6. The number of aromatic nitrogens is 3. The average molecular weight is 424 g/mol. The van der Waals surface area contributed by atoms with Crippen LogP contribution in [0.2, 0.25) is 0 Å². The lowest BCUT2D eigenvalue weighted by molar-refractivity contribution is -0.113. The van der Waals surface area contributed by atoms with Crippen molar-refractivity contribution in [1.29, 1.82) is 0 Å². The highest BCUT2D eigenvalue weighted by Crippen LogP contribution is 2.20. The van der Waals surface area contributed by atoms with Gasteiger partial charge < -0.3 is 15.2 Å². The Morgan fingerprint density at radius 2 is 1.80 bits per heavy atom. The Morgan fingerprint density at radius 1 is 1.07 bits per heavy atom. The third-order valence-corrected chi connectivity index (χ3v) is 5.57. The Kier molecular flexibility index (Phi) is 6.89. The van der Waals surface area contributed by atoms with Crippen LogP contribution in [0.3, 0.4) is 0 Å². The molecule has 0 saturated heterocycles. The Morgan fingerprint density at radius 3 is 2.50 bits per heavy atom. The Labute approximate surface area is 180 Å². The molecule has 3 aromatic rings. The van der Waals surface area contributed by atoms with E-state index in [9.17, 15) is 9.59 Å². The zero-order valence-electron chi connectivity index (χ0n) is 17.5. The van der Waals surface area contributed by atoms with Crippen molar-refractivity contribution in [2.24, 2.45) is 7.05 Å². The summed E-state index contributed by atoms with van der Waals surface area (Å²) in [6, 6.07) is 14.7. The van der Waals surface area contributed by atoms with Gasteiger partial charge in [0.05, 0.1) is 11.8 Å². The van der Waals surface area contributed by atoms with Crippen LogP contribution in [-0.4, -0.2) is 32.3 Å². The number of benzene rings is 2. The Balaban J connectivity index is 1.57. The molecule has 1 atom stereocenters. The van der Waals surface area contributed by atoms with Gasteiger partial charge in [0.2, 0.25) is 5.91 Å². The number of nitrogens with one attached hydrogen (secondary N) is 2. The van der Waals surface area contributed by atoms with Gasteiger partial charge in [-0.15, -0.1) is 10.2 Å². The van der Waals surface area contributed by atoms with E-state index in [4.69, 9.17) is 0 Å². The lowest BCUT2D eigenvalue weighted by atomic mass is 10.1. The molecule has 0 fully saturated rings. The fourth-order valence-corrected chi connectivity index (χ4v) is 3.64. The molecule has 0 aliphatic rings. The predicted octanol–water partition coefficient (Wildman–Crippen LogP) is 3.65. The molecule has 0 unspecified atom stereocenters. The minimum Gasteiger partial charge on any atom is -0.342 e. The second kappa shape index (κ2) is 9.58. The van der Waals surface area contributed by atoms with Gasteiger partial charge in [-0.05, 0) is 45.0 Å². The highest BCUT2D eigenvalue weighted by molar-refractivity contribution is 7.99. The number of rotatable bonds is 7. The van der Waals surface area contributed by atoms with Crippen LogP contribution in [0.1, 0.15) is 40.3 Å². The number of hydrogen-bond donors (Lipinski definition) is 2. The van der Waals surface area contributed by atoms with Crippen molar-refractivity contribution in [2.75, 3.05) is 11.1 Å². The number of carbonyl (C=O) groups is 2. The van der Waals surface area contributed by atoms with Crippen molar-refractivity contribution in [2.45, 2.75) is 32.0 Å². The molecule has 1 aromatic heterocycles. The lowest BCUT2D eigenvalue weighted by Crippen LogP contribution is -2.28. The van der Waals surface area contributed by atoms with Crippen LogP contribution in [0.5, 0.6) is 0 Å². The van der Waals surface area contributed by atoms with Gasteiger partial charge in [0.15, 0.2) is 11.0 Å². The summed E-state index contributed by atoms with van der Waals surface area (Å²) in [4.78, 5) is 24.7. The number of amides is 2. The van der Waals surface area contributed by atoms with Crippen LogP contribution < -0.4 is 10.6 Å². The average Bonchev–Trinajstić information content (AvgIpc) is 3.08. The lowest BCUT2D eigenvalue weighted by Gasteiger charge is -2.14. The second-order valence-corrected chi connectivity index (χ2v) is 8.11. The maximum atomic E-state index is 12.5. The van der Waals surface area contributed by atoms with Gasteiger partial charge in [0.25, 0.3) is 5.91 Å². The van der Waals surface area contributed by atoms with Crippen molar-refractivity contribution in [3.8, 4) is 0 Å². The van der Waals surface area contributed by atoms with E-state index in [1.54, 1.807) is 10.6 Å². The van der Waals surface area contributed by atoms with Crippen LogP contribution in [0.15, 0.2) is 53.7 Å². The van der Waals surface area contributed by atoms with Crippen LogP contribution in [-0.2, 0) is 11.8 Å². The van der Waals surface area contributed by atoms with Crippen LogP contribution in [0.25, 0.3) is 0 Å². The quantitative estimate of drug-likeness (QED) is 0.566. The van der Waals surface area contributed by atoms with E-state index in [-0.39, 0.29) is 23.6 Å². The molecular weight excluding hydrogens is 398 g/mol. The Hall–Kier alpha value is -3.13. The summed E-state index contributed by atoms with van der Waals surface area (Å²) in [6.45, 7) is 5.80.